The molecule has 7 aromatic rings. The average Bonchev–Trinajstić information content (AvgIpc) is 3.37. The van der Waals surface area contributed by atoms with Crippen LogP contribution in [0.1, 0.15) is 47.2 Å². The van der Waals surface area contributed by atoms with Gasteiger partial charge in [-0.1, -0.05) is 147 Å². The van der Waals surface area contributed by atoms with Crippen molar-refractivity contribution in [2.24, 2.45) is 0 Å². The van der Waals surface area contributed by atoms with Gasteiger partial charge in [0.25, 0.3) is 0 Å². The first-order valence-electron chi connectivity index (χ1n) is 15.9. The molecule has 2 aliphatic carbocycles. The third kappa shape index (κ3) is 3.03. The van der Waals surface area contributed by atoms with Crippen molar-refractivity contribution in [1.29, 1.82) is 0 Å². The van der Waals surface area contributed by atoms with E-state index in [9.17, 15) is 0 Å². The summed E-state index contributed by atoms with van der Waals surface area (Å²) in [5.41, 5.74) is 14.8. The maximum Gasteiger partial charge on any atom is 0.139 e. The zero-order chi connectivity index (χ0) is 29.9. The van der Waals surface area contributed by atoms with Crippen molar-refractivity contribution in [3.63, 3.8) is 0 Å². The Balaban J connectivity index is 1.30. The normalized spacial score (nSPS) is 17.6. The zero-order valence-electron chi connectivity index (χ0n) is 25.3. The van der Waals surface area contributed by atoms with E-state index < -0.39 is 5.41 Å². The third-order valence-electron chi connectivity index (χ3n) is 10.7. The minimum Gasteiger partial charge on any atom is -0.456 e. The number of hydrogen-bond donors (Lipinski definition) is 0. The van der Waals surface area contributed by atoms with Gasteiger partial charge in [0, 0.05) is 22.1 Å². The van der Waals surface area contributed by atoms with Crippen LogP contribution in [0.4, 0.5) is 0 Å². The van der Waals surface area contributed by atoms with E-state index in [2.05, 4.69) is 159 Å². The van der Waals surface area contributed by atoms with Gasteiger partial charge in [-0.05, 0) is 73.0 Å². The van der Waals surface area contributed by atoms with E-state index in [4.69, 9.17) is 4.74 Å². The molecule has 1 heterocycles. The molecule has 0 aromatic heterocycles. The minimum absolute atomic E-state index is 0.171. The Hall–Kier alpha value is -5.40. The van der Waals surface area contributed by atoms with Gasteiger partial charge < -0.3 is 4.74 Å². The molecule has 0 amide bonds. The number of hydrogen-bond acceptors (Lipinski definition) is 1. The van der Waals surface area contributed by atoms with Crippen LogP contribution in [-0.2, 0) is 10.8 Å². The molecule has 1 spiro atoms. The standard InChI is InChI=1S/C44H30O/c1-43(2)36-20-7-8-23-40(36)45-42-29(16-11-22-38(42)43)28-24-25-32-30-14-3-5-18-34(30)44(39(32)26-28)35-19-6-4-15-31(35)33-17-9-12-27-13-10-21-37(44)41(27)33/h3-26H,1-2H3. The van der Waals surface area contributed by atoms with Crippen molar-refractivity contribution in [3.8, 4) is 44.9 Å². The fourth-order valence-corrected chi connectivity index (χ4v) is 8.79. The van der Waals surface area contributed by atoms with Crippen LogP contribution < -0.4 is 4.74 Å². The van der Waals surface area contributed by atoms with Gasteiger partial charge in [0.15, 0.2) is 0 Å². The van der Waals surface area contributed by atoms with E-state index in [1.54, 1.807) is 0 Å². The summed E-state index contributed by atoms with van der Waals surface area (Å²) in [5, 5.41) is 2.64. The number of benzene rings is 7. The fourth-order valence-electron chi connectivity index (χ4n) is 8.79. The summed E-state index contributed by atoms with van der Waals surface area (Å²) in [6, 6.07) is 54.0. The average molecular weight is 575 g/mol. The van der Waals surface area contributed by atoms with E-state index in [1.807, 2.05) is 0 Å². The molecule has 3 aliphatic rings. The van der Waals surface area contributed by atoms with Crippen LogP contribution in [0.2, 0.25) is 0 Å². The second-order valence-electron chi connectivity index (χ2n) is 13.2. The van der Waals surface area contributed by atoms with Gasteiger partial charge in [-0.25, -0.2) is 0 Å². The van der Waals surface area contributed by atoms with Crippen LogP contribution in [0.3, 0.4) is 0 Å². The lowest BCUT2D eigenvalue weighted by molar-refractivity contribution is 0.419. The molecule has 45 heavy (non-hydrogen) atoms. The molecule has 1 nitrogen and oxygen atoms in total. The lowest BCUT2D eigenvalue weighted by atomic mass is 9.61. The summed E-state index contributed by atoms with van der Waals surface area (Å²) in [4.78, 5) is 0. The molecular weight excluding hydrogens is 544 g/mol. The monoisotopic (exact) mass is 574 g/mol. The Morgan fingerprint density at radius 1 is 0.422 bits per heavy atom. The number of fused-ring (bicyclic) bond motifs is 11. The summed E-state index contributed by atoms with van der Waals surface area (Å²) in [7, 11) is 0. The van der Waals surface area contributed by atoms with E-state index >= 15 is 0 Å². The van der Waals surface area contributed by atoms with Gasteiger partial charge in [0.05, 0.1) is 5.41 Å². The predicted octanol–water partition coefficient (Wildman–Crippen LogP) is 11.3. The SMILES string of the molecule is CC1(C)c2ccccc2Oc2c(-c3ccc4c(c3)C3(c5ccccc5-4)c4ccccc4-c4cccc5cccc3c45)cccc21. The van der Waals surface area contributed by atoms with Gasteiger partial charge in [-0.2, -0.15) is 0 Å². The smallest absolute Gasteiger partial charge is 0.139 e. The second kappa shape index (κ2) is 8.61. The lowest BCUT2D eigenvalue weighted by Gasteiger charge is -2.40. The highest BCUT2D eigenvalue weighted by Gasteiger charge is 2.50. The first kappa shape index (κ1) is 25.0. The molecule has 0 N–H and O–H groups in total. The first-order chi connectivity index (χ1) is 22.1. The van der Waals surface area contributed by atoms with Gasteiger partial charge in [-0.3, -0.25) is 0 Å². The number of para-hydroxylation sites is 2. The van der Waals surface area contributed by atoms with Crippen molar-refractivity contribution in [2.45, 2.75) is 24.7 Å². The molecule has 7 aromatic carbocycles. The molecule has 10 rings (SSSR count). The predicted molar refractivity (Wildman–Crippen MR) is 184 cm³/mol. The van der Waals surface area contributed by atoms with Crippen molar-refractivity contribution in [1.82, 2.24) is 0 Å². The Labute approximate surface area is 263 Å². The molecule has 1 atom stereocenters. The van der Waals surface area contributed by atoms with Crippen molar-refractivity contribution < 1.29 is 4.74 Å². The quantitative estimate of drug-likeness (QED) is 0.189. The highest BCUT2D eigenvalue weighted by molar-refractivity contribution is 6.07. The summed E-state index contributed by atoms with van der Waals surface area (Å²) in [6.07, 6.45) is 0. The molecule has 0 bridgehead atoms. The molecule has 1 heteroatoms. The van der Waals surface area contributed by atoms with Crippen LogP contribution in [0.15, 0.2) is 146 Å². The van der Waals surface area contributed by atoms with E-state index in [-0.39, 0.29) is 5.41 Å². The summed E-state index contributed by atoms with van der Waals surface area (Å²) in [6.45, 7) is 4.62. The van der Waals surface area contributed by atoms with Gasteiger partial charge in [0.1, 0.15) is 11.5 Å². The third-order valence-corrected chi connectivity index (χ3v) is 10.7. The molecule has 0 saturated carbocycles. The van der Waals surface area contributed by atoms with Crippen LogP contribution in [-0.4, -0.2) is 0 Å². The van der Waals surface area contributed by atoms with Crippen molar-refractivity contribution in [3.05, 3.63) is 179 Å². The summed E-state index contributed by atoms with van der Waals surface area (Å²) < 4.78 is 6.77. The topological polar surface area (TPSA) is 9.23 Å². The Morgan fingerprint density at radius 3 is 1.78 bits per heavy atom. The molecular formula is C44H30O. The molecule has 212 valence electrons. The maximum atomic E-state index is 6.77. The largest absolute Gasteiger partial charge is 0.456 e. The minimum atomic E-state index is -0.437. The Bertz CT molecular complexity index is 2390. The van der Waals surface area contributed by atoms with Crippen LogP contribution in [0, 0.1) is 0 Å². The van der Waals surface area contributed by atoms with E-state index in [1.165, 1.54) is 72.0 Å². The summed E-state index contributed by atoms with van der Waals surface area (Å²) in [5.74, 6) is 1.90. The number of rotatable bonds is 1. The highest BCUT2D eigenvalue weighted by atomic mass is 16.5. The van der Waals surface area contributed by atoms with Crippen LogP contribution in [0.5, 0.6) is 11.5 Å². The molecule has 1 unspecified atom stereocenters. The lowest BCUT2D eigenvalue weighted by Crippen LogP contribution is -2.31. The number of ether oxygens (including phenoxy) is 1. The van der Waals surface area contributed by atoms with Gasteiger partial charge >= 0.3 is 0 Å². The molecule has 0 radical (unpaired) electrons. The van der Waals surface area contributed by atoms with Gasteiger partial charge in [-0.15, -0.1) is 0 Å². The molecule has 0 fully saturated rings. The fraction of sp³-hybridized carbons (Fsp3) is 0.0909. The zero-order valence-corrected chi connectivity index (χ0v) is 25.3. The maximum absolute atomic E-state index is 6.77. The molecule has 0 saturated heterocycles. The summed E-state index contributed by atoms with van der Waals surface area (Å²) >= 11 is 0. The van der Waals surface area contributed by atoms with E-state index in [0.717, 1.165) is 17.1 Å². The Kier molecular flexibility index (Phi) is 4.78. The highest BCUT2D eigenvalue weighted by Crippen LogP contribution is 2.62. The first-order valence-corrected chi connectivity index (χ1v) is 15.9. The van der Waals surface area contributed by atoms with E-state index in [0.29, 0.717) is 0 Å². The van der Waals surface area contributed by atoms with Gasteiger partial charge in [0.2, 0.25) is 0 Å². The van der Waals surface area contributed by atoms with Crippen LogP contribution >= 0.6 is 0 Å². The second-order valence-corrected chi connectivity index (χ2v) is 13.2. The van der Waals surface area contributed by atoms with Crippen LogP contribution in [0.25, 0.3) is 44.2 Å². The van der Waals surface area contributed by atoms with Crippen molar-refractivity contribution in [2.75, 3.05) is 0 Å². The Morgan fingerprint density at radius 2 is 0.978 bits per heavy atom. The van der Waals surface area contributed by atoms with Crippen molar-refractivity contribution >= 4 is 10.8 Å². The molecule has 1 aliphatic heterocycles.